The van der Waals surface area contributed by atoms with Gasteiger partial charge in [0.2, 0.25) is 0 Å². The van der Waals surface area contributed by atoms with E-state index in [1.54, 1.807) is 11.1 Å². The lowest BCUT2D eigenvalue weighted by Gasteiger charge is -2.33. The molecular formula is C26H37N3. The number of hydrogen-bond donors (Lipinski definition) is 0. The van der Waals surface area contributed by atoms with E-state index in [1.165, 1.54) is 81.5 Å². The molecule has 0 radical (unpaired) electrons. The molecule has 4 rings (SSSR count). The minimum absolute atomic E-state index is 0.823. The highest BCUT2D eigenvalue weighted by atomic mass is 15.2. The molecule has 156 valence electrons. The minimum Gasteiger partial charge on any atom is -0.303 e. The number of benzene rings is 1. The molecule has 0 spiro atoms. The maximum atomic E-state index is 4.25. The number of hydrogen-bond acceptors (Lipinski definition) is 3. The van der Waals surface area contributed by atoms with Gasteiger partial charge in [-0.15, -0.1) is 0 Å². The van der Waals surface area contributed by atoms with Crippen LogP contribution in [0.4, 0.5) is 0 Å². The van der Waals surface area contributed by atoms with E-state index in [0.29, 0.717) is 0 Å². The van der Waals surface area contributed by atoms with Gasteiger partial charge in [-0.2, -0.15) is 0 Å². The van der Waals surface area contributed by atoms with Crippen molar-refractivity contribution in [3.8, 4) is 0 Å². The summed E-state index contributed by atoms with van der Waals surface area (Å²) in [5, 5.41) is 0. The molecule has 1 unspecified atom stereocenters. The average molecular weight is 392 g/mol. The van der Waals surface area contributed by atoms with Crippen molar-refractivity contribution in [3.05, 3.63) is 64.5 Å². The zero-order valence-corrected chi connectivity index (χ0v) is 18.4. The van der Waals surface area contributed by atoms with Gasteiger partial charge in [-0.1, -0.05) is 24.6 Å². The third-order valence-electron chi connectivity index (χ3n) is 6.94. The SMILES string of the molecule is Cc1cc2c(cc1C)CN(CC1CCCCN(CCCc3cccnc3)C1)CC2. The van der Waals surface area contributed by atoms with Gasteiger partial charge in [-0.05, 0) is 98.8 Å². The molecule has 1 aromatic carbocycles. The number of aromatic nitrogens is 1. The summed E-state index contributed by atoms with van der Waals surface area (Å²) in [5.74, 6) is 0.823. The van der Waals surface area contributed by atoms with Crippen LogP contribution in [0.2, 0.25) is 0 Å². The fraction of sp³-hybridized carbons (Fsp3) is 0.577. The van der Waals surface area contributed by atoms with Gasteiger partial charge in [-0.3, -0.25) is 9.88 Å². The van der Waals surface area contributed by atoms with E-state index >= 15 is 0 Å². The quantitative estimate of drug-likeness (QED) is 0.706. The number of nitrogens with zero attached hydrogens (tertiary/aromatic N) is 3. The van der Waals surface area contributed by atoms with Gasteiger partial charge in [0.15, 0.2) is 0 Å². The van der Waals surface area contributed by atoms with Crippen LogP contribution in [0.25, 0.3) is 0 Å². The smallest absolute Gasteiger partial charge is 0.0299 e. The number of rotatable bonds is 6. The number of fused-ring (bicyclic) bond motifs is 1. The molecular weight excluding hydrogens is 354 g/mol. The molecule has 0 bridgehead atoms. The van der Waals surface area contributed by atoms with Crippen LogP contribution in [0.15, 0.2) is 36.7 Å². The highest BCUT2D eigenvalue weighted by Crippen LogP contribution is 2.25. The van der Waals surface area contributed by atoms with Crippen LogP contribution < -0.4 is 0 Å². The third-order valence-corrected chi connectivity index (χ3v) is 6.94. The topological polar surface area (TPSA) is 19.4 Å². The predicted octanol–water partition coefficient (Wildman–Crippen LogP) is 4.79. The molecule has 2 aliphatic rings. The molecule has 3 heterocycles. The highest BCUT2D eigenvalue weighted by molar-refractivity contribution is 5.38. The molecule has 0 aliphatic carbocycles. The van der Waals surface area contributed by atoms with Crippen molar-refractivity contribution >= 4 is 0 Å². The van der Waals surface area contributed by atoms with Crippen LogP contribution in [-0.2, 0) is 19.4 Å². The van der Waals surface area contributed by atoms with Crippen molar-refractivity contribution in [2.24, 2.45) is 5.92 Å². The Kier molecular flexibility index (Phi) is 6.99. The summed E-state index contributed by atoms with van der Waals surface area (Å²) in [5.41, 5.74) is 7.42. The van der Waals surface area contributed by atoms with E-state index in [0.717, 1.165) is 18.9 Å². The van der Waals surface area contributed by atoms with Gasteiger partial charge in [0.25, 0.3) is 0 Å². The summed E-state index contributed by atoms with van der Waals surface area (Å²) in [6, 6.07) is 9.12. The normalized spacial score (nSPS) is 21.0. The minimum atomic E-state index is 0.823. The first-order chi connectivity index (χ1) is 14.2. The van der Waals surface area contributed by atoms with Crippen molar-refractivity contribution < 1.29 is 0 Å². The Morgan fingerprint density at radius 1 is 1.03 bits per heavy atom. The molecule has 1 fully saturated rings. The van der Waals surface area contributed by atoms with Gasteiger partial charge < -0.3 is 4.90 Å². The molecule has 0 amide bonds. The summed E-state index contributed by atoms with van der Waals surface area (Å²) in [6.45, 7) is 11.9. The maximum Gasteiger partial charge on any atom is 0.0299 e. The zero-order chi connectivity index (χ0) is 20.1. The van der Waals surface area contributed by atoms with E-state index in [-0.39, 0.29) is 0 Å². The molecule has 1 saturated heterocycles. The van der Waals surface area contributed by atoms with Gasteiger partial charge in [0.05, 0.1) is 0 Å². The lowest BCUT2D eigenvalue weighted by molar-refractivity contribution is 0.173. The maximum absolute atomic E-state index is 4.25. The van der Waals surface area contributed by atoms with Crippen LogP contribution in [0.3, 0.4) is 0 Å². The van der Waals surface area contributed by atoms with Crippen molar-refractivity contribution in [2.45, 2.75) is 58.9 Å². The fourth-order valence-electron chi connectivity index (χ4n) is 5.16. The second-order valence-corrected chi connectivity index (χ2v) is 9.32. The van der Waals surface area contributed by atoms with E-state index < -0.39 is 0 Å². The second-order valence-electron chi connectivity index (χ2n) is 9.32. The standard InChI is InChI=1S/C26H37N3/c1-21-15-25-10-14-29(20-26(25)16-22(21)2)19-24-7-3-4-12-28(18-24)13-6-9-23-8-5-11-27-17-23/h5,8,11,15-17,24H,3-4,6-7,9-10,12-14,18-20H2,1-2H3. The Morgan fingerprint density at radius 2 is 1.90 bits per heavy atom. The Bertz CT molecular complexity index is 786. The van der Waals surface area contributed by atoms with Crippen LogP contribution >= 0.6 is 0 Å². The Balaban J connectivity index is 1.28. The van der Waals surface area contributed by atoms with Crippen molar-refractivity contribution in [1.82, 2.24) is 14.8 Å². The molecule has 0 saturated carbocycles. The summed E-state index contributed by atoms with van der Waals surface area (Å²) < 4.78 is 0. The van der Waals surface area contributed by atoms with Crippen LogP contribution in [0, 0.1) is 19.8 Å². The lowest BCUT2D eigenvalue weighted by atomic mass is 9.93. The molecule has 1 atom stereocenters. The summed E-state index contributed by atoms with van der Waals surface area (Å²) in [6.07, 6.45) is 11.7. The highest BCUT2D eigenvalue weighted by Gasteiger charge is 2.23. The molecule has 1 aromatic heterocycles. The summed E-state index contributed by atoms with van der Waals surface area (Å²) >= 11 is 0. The Labute approximate surface area is 177 Å². The van der Waals surface area contributed by atoms with Crippen LogP contribution in [0.5, 0.6) is 0 Å². The summed E-state index contributed by atoms with van der Waals surface area (Å²) in [7, 11) is 0. The van der Waals surface area contributed by atoms with E-state index in [9.17, 15) is 0 Å². The predicted molar refractivity (Wildman–Crippen MR) is 121 cm³/mol. The molecule has 3 heteroatoms. The molecule has 2 aromatic rings. The zero-order valence-electron chi connectivity index (χ0n) is 18.4. The number of aryl methyl sites for hydroxylation is 3. The van der Waals surface area contributed by atoms with Crippen molar-refractivity contribution in [2.75, 3.05) is 32.7 Å². The first kappa shape index (κ1) is 20.6. The van der Waals surface area contributed by atoms with Crippen molar-refractivity contribution in [3.63, 3.8) is 0 Å². The fourth-order valence-corrected chi connectivity index (χ4v) is 5.16. The van der Waals surface area contributed by atoms with Gasteiger partial charge >= 0.3 is 0 Å². The Morgan fingerprint density at radius 3 is 2.72 bits per heavy atom. The van der Waals surface area contributed by atoms with Gasteiger partial charge in [0, 0.05) is 38.6 Å². The second kappa shape index (κ2) is 9.86. The monoisotopic (exact) mass is 391 g/mol. The molecule has 2 aliphatic heterocycles. The van der Waals surface area contributed by atoms with E-state index in [4.69, 9.17) is 0 Å². The molecule has 3 nitrogen and oxygen atoms in total. The average Bonchev–Trinajstić information content (AvgIpc) is 2.95. The van der Waals surface area contributed by atoms with Gasteiger partial charge in [-0.25, -0.2) is 0 Å². The first-order valence-electron chi connectivity index (χ1n) is 11.6. The largest absolute Gasteiger partial charge is 0.303 e. The Hall–Kier alpha value is -1.71. The molecule has 29 heavy (non-hydrogen) atoms. The van der Waals surface area contributed by atoms with Crippen molar-refractivity contribution in [1.29, 1.82) is 0 Å². The first-order valence-corrected chi connectivity index (χ1v) is 11.6. The lowest BCUT2D eigenvalue weighted by Crippen LogP contribution is -2.38. The van der Waals surface area contributed by atoms with E-state index in [1.807, 2.05) is 12.4 Å². The number of pyridine rings is 1. The molecule has 0 N–H and O–H groups in total. The third kappa shape index (κ3) is 5.67. The van der Waals surface area contributed by atoms with Crippen LogP contribution in [-0.4, -0.2) is 47.5 Å². The van der Waals surface area contributed by atoms with Crippen LogP contribution in [0.1, 0.15) is 53.5 Å². The van der Waals surface area contributed by atoms with Gasteiger partial charge in [0.1, 0.15) is 0 Å². The van der Waals surface area contributed by atoms with E-state index in [2.05, 4.69) is 52.9 Å². The summed E-state index contributed by atoms with van der Waals surface area (Å²) in [4.78, 5) is 9.71. The number of likely N-dealkylation sites (tertiary alicyclic amines) is 1.